The van der Waals surface area contributed by atoms with Crippen LogP contribution in [0.2, 0.25) is 0 Å². The summed E-state index contributed by atoms with van der Waals surface area (Å²) in [5.74, 6) is 0. The number of hydrogen-bond donors (Lipinski definition) is 0. The lowest BCUT2D eigenvalue weighted by molar-refractivity contribution is 0.129. The van der Waals surface area contributed by atoms with E-state index in [-0.39, 0.29) is 13.3 Å². The second kappa shape index (κ2) is 9.63. The van der Waals surface area contributed by atoms with E-state index in [2.05, 4.69) is 5.16 Å². The standard InChI is InChI=1S/C17H24N2O4/c1-13(2)10-14(3)18-23-11-15-8-6-7-9-16(15)19(12-21-4)17(20)22-5/h6-10H,11-12H2,1-5H3. The molecule has 126 valence electrons. The van der Waals surface area contributed by atoms with Crippen molar-refractivity contribution < 1.29 is 19.1 Å². The van der Waals surface area contributed by atoms with E-state index in [0.29, 0.717) is 5.69 Å². The molecule has 0 bridgehead atoms. The molecule has 23 heavy (non-hydrogen) atoms. The molecule has 0 radical (unpaired) electrons. The van der Waals surface area contributed by atoms with Crippen LogP contribution in [0, 0.1) is 0 Å². The van der Waals surface area contributed by atoms with Crippen molar-refractivity contribution in [3.8, 4) is 0 Å². The number of oxime groups is 1. The highest BCUT2D eigenvalue weighted by atomic mass is 16.6. The van der Waals surface area contributed by atoms with Crippen LogP contribution in [0.1, 0.15) is 26.3 Å². The molecule has 0 heterocycles. The lowest BCUT2D eigenvalue weighted by atomic mass is 10.2. The molecule has 1 rings (SSSR count). The number of carbonyl (C=O) groups is 1. The van der Waals surface area contributed by atoms with Gasteiger partial charge in [-0.05, 0) is 32.9 Å². The molecule has 0 saturated heterocycles. The van der Waals surface area contributed by atoms with Crippen molar-refractivity contribution in [2.45, 2.75) is 27.4 Å². The quantitative estimate of drug-likeness (QED) is 0.436. The summed E-state index contributed by atoms with van der Waals surface area (Å²) in [6.07, 6.45) is 1.43. The van der Waals surface area contributed by atoms with Gasteiger partial charge >= 0.3 is 6.09 Å². The molecule has 1 amide bonds. The number of hydrogen-bond acceptors (Lipinski definition) is 5. The highest BCUT2D eigenvalue weighted by Crippen LogP contribution is 2.22. The third kappa shape index (κ3) is 6.12. The molecule has 0 aliphatic heterocycles. The summed E-state index contributed by atoms with van der Waals surface area (Å²) in [6.45, 7) is 6.18. The third-order valence-corrected chi connectivity index (χ3v) is 2.86. The van der Waals surface area contributed by atoms with Gasteiger partial charge in [0, 0.05) is 12.7 Å². The minimum Gasteiger partial charge on any atom is -0.452 e. The topological polar surface area (TPSA) is 60.4 Å². The molecule has 0 N–H and O–H groups in total. The van der Waals surface area contributed by atoms with E-state index in [1.165, 1.54) is 19.1 Å². The number of para-hydroxylation sites is 1. The fraction of sp³-hybridized carbons (Fsp3) is 0.412. The predicted molar refractivity (Wildman–Crippen MR) is 90.5 cm³/mol. The highest BCUT2D eigenvalue weighted by molar-refractivity contribution is 5.92. The average molecular weight is 320 g/mol. The molecule has 0 atom stereocenters. The van der Waals surface area contributed by atoms with Gasteiger partial charge in [0.05, 0.1) is 18.5 Å². The van der Waals surface area contributed by atoms with Gasteiger partial charge < -0.3 is 14.3 Å². The molecule has 0 aliphatic carbocycles. The van der Waals surface area contributed by atoms with Gasteiger partial charge in [0.25, 0.3) is 0 Å². The Bertz CT molecular complexity index is 578. The summed E-state index contributed by atoms with van der Waals surface area (Å²) < 4.78 is 9.86. The fourth-order valence-corrected chi connectivity index (χ4v) is 2.00. The maximum atomic E-state index is 11.9. The zero-order valence-electron chi connectivity index (χ0n) is 14.3. The van der Waals surface area contributed by atoms with Gasteiger partial charge in [0.15, 0.2) is 0 Å². The smallest absolute Gasteiger partial charge is 0.415 e. The van der Waals surface area contributed by atoms with Gasteiger partial charge in [0.1, 0.15) is 13.3 Å². The molecular formula is C17H24N2O4. The molecule has 0 spiro atoms. The third-order valence-electron chi connectivity index (χ3n) is 2.86. The van der Waals surface area contributed by atoms with Gasteiger partial charge in [-0.1, -0.05) is 28.9 Å². The largest absolute Gasteiger partial charge is 0.452 e. The zero-order chi connectivity index (χ0) is 17.2. The Balaban J connectivity index is 2.92. The average Bonchev–Trinajstić information content (AvgIpc) is 2.52. The first kappa shape index (κ1) is 18.7. The molecule has 1 aromatic carbocycles. The van der Waals surface area contributed by atoms with Crippen molar-refractivity contribution in [1.29, 1.82) is 0 Å². The van der Waals surface area contributed by atoms with E-state index in [1.807, 2.05) is 45.0 Å². The number of nitrogens with zero attached hydrogens (tertiary/aromatic N) is 2. The lowest BCUT2D eigenvalue weighted by Crippen LogP contribution is -2.33. The normalized spacial score (nSPS) is 10.9. The van der Waals surface area contributed by atoms with Gasteiger partial charge in [-0.15, -0.1) is 0 Å². The van der Waals surface area contributed by atoms with Crippen LogP contribution in [-0.4, -0.2) is 32.8 Å². The second-order valence-electron chi connectivity index (χ2n) is 5.17. The van der Waals surface area contributed by atoms with Crippen molar-refractivity contribution in [2.75, 3.05) is 25.9 Å². The van der Waals surface area contributed by atoms with Crippen LogP contribution in [0.3, 0.4) is 0 Å². The number of allylic oxidation sites excluding steroid dienone is 2. The molecule has 0 aromatic heterocycles. The second-order valence-corrected chi connectivity index (χ2v) is 5.17. The van der Waals surface area contributed by atoms with Gasteiger partial charge in [-0.2, -0.15) is 0 Å². The first-order valence-electron chi connectivity index (χ1n) is 7.23. The predicted octanol–water partition coefficient (Wildman–Crippen LogP) is 3.72. The lowest BCUT2D eigenvalue weighted by Gasteiger charge is -2.22. The molecule has 0 fully saturated rings. The van der Waals surface area contributed by atoms with Crippen LogP contribution in [0.15, 0.2) is 41.1 Å². The van der Waals surface area contributed by atoms with Gasteiger partial charge in [-0.25, -0.2) is 4.79 Å². The number of carbonyl (C=O) groups excluding carboxylic acids is 1. The Labute approximate surface area is 137 Å². The van der Waals surface area contributed by atoms with Crippen molar-refractivity contribution in [2.24, 2.45) is 5.16 Å². The zero-order valence-corrected chi connectivity index (χ0v) is 14.3. The van der Waals surface area contributed by atoms with E-state index in [1.54, 1.807) is 6.07 Å². The Hall–Kier alpha value is -2.34. The van der Waals surface area contributed by atoms with Crippen LogP contribution in [0.4, 0.5) is 10.5 Å². The van der Waals surface area contributed by atoms with E-state index < -0.39 is 6.09 Å². The van der Waals surface area contributed by atoms with Crippen molar-refractivity contribution in [3.63, 3.8) is 0 Å². The van der Waals surface area contributed by atoms with E-state index in [4.69, 9.17) is 14.3 Å². The molecular weight excluding hydrogens is 296 g/mol. The Morgan fingerprint density at radius 3 is 2.52 bits per heavy atom. The van der Waals surface area contributed by atoms with Crippen LogP contribution in [0.5, 0.6) is 0 Å². The SMILES string of the molecule is COCN(C(=O)OC)c1ccccc1CON=C(C)C=C(C)C. The van der Waals surface area contributed by atoms with Crippen LogP contribution in [0.25, 0.3) is 0 Å². The number of benzene rings is 1. The summed E-state index contributed by atoms with van der Waals surface area (Å²) in [7, 11) is 2.85. The number of ether oxygens (including phenoxy) is 2. The summed E-state index contributed by atoms with van der Waals surface area (Å²) in [5, 5.41) is 4.05. The summed E-state index contributed by atoms with van der Waals surface area (Å²) in [4.78, 5) is 18.7. The van der Waals surface area contributed by atoms with E-state index in [9.17, 15) is 4.79 Å². The molecule has 0 aliphatic rings. The number of amides is 1. The molecule has 6 nitrogen and oxygen atoms in total. The summed E-state index contributed by atoms with van der Waals surface area (Å²) >= 11 is 0. The highest BCUT2D eigenvalue weighted by Gasteiger charge is 2.19. The minimum atomic E-state index is -0.497. The molecule has 6 heteroatoms. The fourth-order valence-electron chi connectivity index (χ4n) is 2.00. The Morgan fingerprint density at radius 1 is 1.22 bits per heavy atom. The molecule has 1 aromatic rings. The number of anilines is 1. The van der Waals surface area contributed by atoms with Crippen molar-refractivity contribution >= 4 is 17.5 Å². The van der Waals surface area contributed by atoms with E-state index in [0.717, 1.165) is 16.8 Å². The van der Waals surface area contributed by atoms with Gasteiger partial charge in [0.2, 0.25) is 0 Å². The van der Waals surface area contributed by atoms with Crippen LogP contribution >= 0.6 is 0 Å². The Kier molecular flexibility index (Phi) is 7.83. The number of rotatable bonds is 7. The Morgan fingerprint density at radius 2 is 1.91 bits per heavy atom. The first-order valence-corrected chi connectivity index (χ1v) is 7.23. The van der Waals surface area contributed by atoms with E-state index >= 15 is 0 Å². The van der Waals surface area contributed by atoms with Crippen molar-refractivity contribution in [3.05, 3.63) is 41.5 Å². The number of methoxy groups -OCH3 is 2. The van der Waals surface area contributed by atoms with Crippen LogP contribution < -0.4 is 4.90 Å². The molecule has 0 unspecified atom stereocenters. The maximum absolute atomic E-state index is 11.9. The minimum absolute atomic E-state index is 0.0871. The maximum Gasteiger partial charge on any atom is 0.415 e. The monoisotopic (exact) mass is 320 g/mol. The van der Waals surface area contributed by atoms with Gasteiger partial charge in [-0.3, -0.25) is 4.90 Å². The summed E-state index contributed by atoms with van der Waals surface area (Å²) in [5.41, 5.74) is 3.40. The van der Waals surface area contributed by atoms with Crippen molar-refractivity contribution in [1.82, 2.24) is 0 Å². The molecule has 0 saturated carbocycles. The summed E-state index contributed by atoms with van der Waals surface area (Å²) in [6, 6.07) is 7.38. The van der Waals surface area contributed by atoms with Crippen LogP contribution in [-0.2, 0) is 20.9 Å². The first-order chi connectivity index (χ1) is 11.0.